The summed E-state index contributed by atoms with van der Waals surface area (Å²) in [6, 6.07) is 3.79. The van der Waals surface area contributed by atoms with Crippen molar-refractivity contribution in [1.82, 2.24) is 0 Å². The van der Waals surface area contributed by atoms with E-state index in [1.807, 2.05) is 12.1 Å². The number of hydrogen-bond donors (Lipinski definition) is 1. The van der Waals surface area contributed by atoms with Crippen LogP contribution in [-0.4, -0.2) is 23.8 Å². The van der Waals surface area contributed by atoms with Crippen molar-refractivity contribution in [2.45, 2.75) is 70.3 Å². The molecule has 0 aromatic heterocycles. The summed E-state index contributed by atoms with van der Waals surface area (Å²) in [6.07, 6.45) is 5.45. The summed E-state index contributed by atoms with van der Waals surface area (Å²) in [6.45, 7) is 4.88. The molecule has 1 aliphatic rings. The topological polar surface area (TPSA) is 46.5 Å². The van der Waals surface area contributed by atoms with E-state index in [1.165, 1.54) is 0 Å². The van der Waals surface area contributed by atoms with Crippen LogP contribution in [0.25, 0.3) is 0 Å². The molecule has 1 aromatic carbocycles. The van der Waals surface area contributed by atoms with Gasteiger partial charge in [0.1, 0.15) is 0 Å². The number of carbonyl (C=O) groups is 1. The van der Waals surface area contributed by atoms with Gasteiger partial charge in [-0.25, -0.2) is 0 Å². The third kappa shape index (κ3) is 3.89. The standard InChI is InChI=1S/C19H26Cl2O3/c1-3-5-13-6-7-15(17(21)16(13)20)19(18(22)23)10-8-14(9-11-19)24-12-4-2/h6-7,14H,3-5,8-12H2,1-2H3,(H,22,23). The van der Waals surface area contributed by atoms with Crippen molar-refractivity contribution in [2.75, 3.05) is 6.61 Å². The van der Waals surface area contributed by atoms with E-state index in [1.54, 1.807) is 0 Å². The van der Waals surface area contributed by atoms with Crippen molar-refractivity contribution in [2.24, 2.45) is 0 Å². The Morgan fingerprint density at radius 3 is 2.42 bits per heavy atom. The summed E-state index contributed by atoms with van der Waals surface area (Å²) in [5.74, 6) is -0.822. The summed E-state index contributed by atoms with van der Waals surface area (Å²) < 4.78 is 5.79. The number of aliphatic carboxylic acids is 1. The number of hydrogen-bond acceptors (Lipinski definition) is 2. The van der Waals surface area contributed by atoms with Crippen molar-refractivity contribution >= 4 is 29.2 Å². The molecule has 1 saturated carbocycles. The Bertz CT molecular complexity index is 578. The maximum atomic E-state index is 12.1. The zero-order valence-electron chi connectivity index (χ0n) is 14.4. The molecular formula is C19H26Cl2O3. The van der Waals surface area contributed by atoms with Crippen molar-refractivity contribution < 1.29 is 14.6 Å². The highest BCUT2D eigenvalue weighted by Gasteiger charge is 2.45. The Balaban J connectivity index is 2.29. The van der Waals surface area contributed by atoms with Crippen LogP contribution in [0, 0.1) is 0 Å². The molecule has 0 bridgehead atoms. The Hall–Kier alpha value is -0.770. The minimum Gasteiger partial charge on any atom is -0.481 e. The van der Waals surface area contributed by atoms with Crippen LogP contribution in [0.3, 0.4) is 0 Å². The second-order valence-corrected chi connectivity index (χ2v) is 7.36. The smallest absolute Gasteiger partial charge is 0.314 e. The quantitative estimate of drug-likeness (QED) is 0.673. The van der Waals surface area contributed by atoms with E-state index in [4.69, 9.17) is 27.9 Å². The fraction of sp³-hybridized carbons (Fsp3) is 0.632. The number of carboxylic acids is 1. The van der Waals surface area contributed by atoms with Gasteiger partial charge in [0.05, 0.1) is 21.6 Å². The maximum absolute atomic E-state index is 12.1. The predicted octanol–water partition coefficient (Wildman–Crippen LogP) is 5.64. The lowest BCUT2D eigenvalue weighted by atomic mass is 9.68. The molecule has 0 saturated heterocycles. The highest BCUT2D eigenvalue weighted by atomic mass is 35.5. The van der Waals surface area contributed by atoms with Crippen LogP contribution in [0.1, 0.15) is 63.5 Å². The van der Waals surface area contributed by atoms with Gasteiger partial charge in [-0.15, -0.1) is 0 Å². The van der Waals surface area contributed by atoms with E-state index in [0.717, 1.165) is 44.3 Å². The molecule has 0 aliphatic heterocycles. The molecule has 0 heterocycles. The highest BCUT2D eigenvalue weighted by molar-refractivity contribution is 6.43. The lowest BCUT2D eigenvalue weighted by molar-refractivity contribution is -0.146. The maximum Gasteiger partial charge on any atom is 0.314 e. The molecule has 2 rings (SSSR count). The van der Waals surface area contributed by atoms with Crippen LogP contribution >= 0.6 is 23.2 Å². The largest absolute Gasteiger partial charge is 0.481 e. The molecule has 0 radical (unpaired) electrons. The number of ether oxygens (including phenoxy) is 1. The minimum absolute atomic E-state index is 0.144. The molecule has 0 atom stereocenters. The molecule has 0 spiro atoms. The zero-order valence-corrected chi connectivity index (χ0v) is 15.9. The first-order valence-electron chi connectivity index (χ1n) is 8.78. The number of halogens is 2. The predicted molar refractivity (Wildman–Crippen MR) is 98.3 cm³/mol. The van der Waals surface area contributed by atoms with Gasteiger partial charge >= 0.3 is 5.97 Å². The second-order valence-electron chi connectivity index (χ2n) is 6.61. The molecule has 0 unspecified atom stereocenters. The minimum atomic E-state index is -0.961. The average molecular weight is 373 g/mol. The van der Waals surface area contributed by atoms with Crippen molar-refractivity contribution in [3.8, 4) is 0 Å². The number of benzene rings is 1. The molecule has 5 heteroatoms. The normalized spacial score (nSPS) is 24.1. The SMILES string of the molecule is CCCOC1CCC(C(=O)O)(c2ccc(CCC)c(Cl)c2Cl)CC1. The zero-order chi connectivity index (χ0) is 17.7. The van der Waals surface area contributed by atoms with Crippen LogP contribution in [0.15, 0.2) is 12.1 Å². The highest BCUT2D eigenvalue weighted by Crippen LogP contribution is 2.45. The molecule has 1 aliphatic carbocycles. The van der Waals surface area contributed by atoms with Gasteiger partial charge in [-0.05, 0) is 49.7 Å². The fourth-order valence-electron chi connectivity index (χ4n) is 3.56. The van der Waals surface area contributed by atoms with Gasteiger partial charge in [-0.1, -0.05) is 55.6 Å². The third-order valence-electron chi connectivity index (χ3n) is 4.95. The van der Waals surface area contributed by atoms with Gasteiger partial charge in [-0.3, -0.25) is 4.79 Å². The molecule has 3 nitrogen and oxygen atoms in total. The van der Waals surface area contributed by atoms with Crippen LogP contribution in [-0.2, 0) is 21.4 Å². The van der Waals surface area contributed by atoms with Crippen molar-refractivity contribution in [3.63, 3.8) is 0 Å². The molecule has 1 aromatic rings. The summed E-state index contributed by atoms with van der Waals surface area (Å²) in [4.78, 5) is 12.1. The van der Waals surface area contributed by atoms with Crippen LogP contribution in [0.2, 0.25) is 10.0 Å². The second kappa shape index (κ2) is 8.55. The van der Waals surface area contributed by atoms with E-state index in [9.17, 15) is 9.90 Å². The van der Waals surface area contributed by atoms with Crippen molar-refractivity contribution in [1.29, 1.82) is 0 Å². The summed E-state index contributed by atoms with van der Waals surface area (Å²) >= 11 is 12.9. The Kier molecular flexibility index (Phi) is 6.97. The first-order valence-corrected chi connectivity index (χ1v) is 9.54. The van der Waals surface area contributed by atoms with Gasteiger partial charge in [0, 0.05) is 6.61 Å². The van der Waals surface area contributed by atoms with Crippen LogP contribution in [0.5, 0.6) is 0 Å². The van der Waals surface area contributed by atoms with E-state index in [-0.39, 0.29) is 6.10 Å². The van der Waals surface area contributed by atoms with Gasteiger partial charge in [0.25, 0.3) is 0 Å². The van der Waals surface area contributed by atoms with Crippen molar-refractivity contribution in [3.05, 3.63) is 33.3 Å². The lowest BCUT2D eigenvalue weighted by Gasteiger charge is -2.38. The summed E-state index contributed by atoms with van der Waals surface area (Å²) in [5, 5.41) is 10.9. The molecular weight excluding hydrogens is 347 g/mol. The average Bonchev–Trinajstić information content (AvgIpc) is 2.58. The van der Waals surface area contributed by atoms with Gasteiger partial charge in [0.2, 0.25) is 0 Å². The molecule has 1 N–H and O–H groups in total. The Labute approximate surface area is 154 Å². The number of carboxylic acid groups (broad SMARTS) is 1. The Morgan fingerprint density at radius 2 is 1.88 bits per heavy atom. The van der Waals surface area contributed by atoms with Gasteiger partial charge in [-0.2, -0.15) is 0 Å². The summed E-state index contributed by atoms with van der Waals surface area (Å²) in [5.41, 5.74) is 0.668. The lowest BCUT2D eigenvalue weighted by Crippen LogP contribution is -2.41. The third-order valence-corrected chi connectivity index (χ3v) is 5.87. The summed E-state index contributed by atoms with van der Waals surface area (Å²) in [7, 11) is 0. The molecule has 0 amide bonds. The van der Waals surface area contributed by atoms with E-state index < -0.39 is 11.4 Å². The molecule has 1 fully saturated rings. The first-order chi connectivity index (χ1) is 11.5. The van der Waals surface area contributed by atoms with E-state index in [2.05, 4.69) is 13.8 Å². The van der Waals surface area contributed by atoms with Gasteiger partial charge < -0.3 is 9.84 Å². The fourth-order valence-corrected chi connectivity index (χ4v) is 4.18. The monoisotopic (exact) mass is 372 g/mol. The van der Waals surface area contributed by atoms with Crippen LogP contribution in [0.4, 0.5) is 0 Å². The first kappa shape index (κ1) is 19.6. The van der Waals surface area contributed by atoms with E-state index >= 15 is 0 Å². The number of aryl methyl sites for hydroxylation is 1. The van der Waals surface area contributed by atoms with E-state index in [0.29, 0.717) is 28.5 Å². The molecule has 24 heavy (non-hydrogen) atoms. The van der Waals surface area contributed by atoms with Crippen LogP contribution < -0.4 is 0 Å². The Morgan fingerprint density at radius 1 is 1.21 bits per heavy atom. The number of rotatable bonds is 7. The molecule has 134 valence electrons. The van der Waals surface area contributed by atoms with Gasteiger partial charge in [0.15, 0.2) is 0 Å².